The number of amides is 1. The third-order valence-corrected chi connectivity index (χ3v) is 4.23. The van der Waals surface area contributed by atoms with Crippen molar-refractivity contribution in [2.75, 3.05) is 11.4 Å². The van der Waals surface area contributed by atoms with Gasteiger partial charge in [0.15, 0.2) is 0 Å². The van der Waals surface area contributed by atoms with Crippen LogP contribution in [-0.2, 0) is 9.53 Å². The van der Waals surface area contributed by atoms with Crippen LogP contribution in [-0.4, -0.2) is 30.4 Å². The van der Waals surface area contributed by atoms with E-state index >= 15 is 0 Å². The molecule has 106 valence electrons. The minimum absolute atomic E-state index is 0.0348. The first-order chi connectivity index (χ1) is 9.49. The van der Waals surface area contributed by atoms with E-state index < -0.39 is 5.91 Å². The number of carbonyl (C=O) groups excluding carboxylic acids is 2. The molecule has 0 saturated carbocycles. The molecule has 2 heterocycles. The number of ether oxygens (including phenoxy) is 1. The van der Waals surface area contributed by atoms with E-state index in [-0.39, 0.29) is 18.0 Å². The third kappa shape index (κ3) is 1.95. The Morgan fingerprint density at radius 2 is 1.90 bits per heavy atom. The van der Waals surface area contributed by atoms with Crippen molar-refractivity contribution in [2.24, 2.45) is 0 Å². The van der Waals surface area contributed by atoms with Crippen molar-refractivity contribution < 1.29 is 14.3 Å². The molecule has 1 fully saturated rings. The van der Waals surface area contributed by atoms with Gasteiger partial charge in [0, 0.05) is 0 Å². The Kier molecular flexibility index (Phi) is 3.13. The molecule has 4 heteroatoms. The first kappa shape index (κ1) is 13.3. The molecule has 2 aliphatic rings. The van der Waals surface area contributed by atoms with E-state index in [4.69, 9.17) is 4.74 Å². The lowest BCUT2D eigenvalue weighted by atomic mass is 10.0. The molecule has 4 nitrogen and oxygen atoms in total. The van der Waals surface area contributed by atoms with Gasteiger partial charge in [0.25, 0.3) is 11.7 Å². The second-order valence-corrected chi connectivity index (χ2v) is 5.81. The molecule has 0 aliphatic carbocycles. The lowest BCUT2D eigenvalue weighted by Crippen LogP contribution is -2.37. The Morgan fingerprint density at radius 3 is 2.55 bits per heavy atom. The van der Waals surface area contributed by atoms with Crippen molar-refractivity contribution in [3.05, 3.63) is 28.8 Å². The molecule has 2 unspecified atom stereocenters. The largest absolute Gasteiger partial charge is 0.373 e. The molecule has 0 spiro atoms. The highest BCUT2D eigenvalue weighted by molar-refractivity contribution is 6.52. The number of anilines is 1. The number of aryl methyl sites for hydroxylation is 2. The standard InChI is InChI=1S/C16H19NO3/c1-9-4-5-10(2)14-13(9)15(18)16(19)17(14)8-12-7-6-11(3)20-12/h4-5,11-12H,6-8H2,1-3H3. The number of rotatable bonds is 2. The minimum atomic E-state index is -0.416. The molecular weight excluding hydrogens is 254 g/mol. The molecule has 1 aromatic carbocycles. The average molecular weight is 273 g/mol. The Bertz CT molecular complexity index is 594. The van der Waals surface area contributed by atoms with Crippen LogP contribution < -0.4 is 4.90 Å². The molecule has 2 aliphatic heterocycles. The lowest BCUT2D eigenvalue weighted by Gasteiger charge is -2.22. The topological polar surface area (TPSA) is 46.6 Å². The first-order valence-electron chi connectivity index (χ1n) is 7.11. The maximum Gasteiger partial charge on any atom is 0.299 e. The summed E-state index contributed by atoms with van der Waals surface area (Å²) in [6.45, 7) is 6.34. The van der Waals surface area contributed by atoms with Gasteiger partial charge < -0.3 is 9.64 Å². The third-order valence-electron chi connectivity index (χ3n) is 4.23. The van der Waals surface area contributed by atoms with Crippen molar-refractivity contribution in [3.63, 3.8) is 0 Å². The van der Waals surface area contributed by atoms with Crippen LogP contribution >= 0.6 is 0 Å². The Labute approximate surface area is 118 Å². The van der Waals surface area contributed by atoms with Crippen molar-refractivity contribution in [3.8, 4) is 0 Å². The highest BCUT2D eigenvalue weighted by atomic mass is 16.5. The van der Waals surface area contributed by atoms with E-state index in [1.54, 1.807) is 4.90 Å². The van der Waals surface area contributed by atoms with Crippen molar-refractivity contribution in [1.29, 1.82) is 0 Å². The van der Waals surface area contributed by atoms with E-state index in [2.05, 4.69) is 0 Å². The molecule has 0 aromatic heterocycles. The number of hydrogen-bond acceptors (Lipinski definition) is 3. The summed E-state index contributed by atoms with van der Waals surface area (Å²) >= 11 is 0. The van der Waals surface area contributed by atoms with Gasteiger partial charge in [-0.25, -0.2) is 0 Å². The summed E-state index contributed by atoms with van der Waals surface area (Å²) in [6, 6.07) is 3.86. The van der Waals surface area contributed by atoms with Crippen molar-refractivity contribution in [1.82, 2.24) is 0 Å². The summed E-state index contributed by atoms with van der Waals surface area (Å²) in [5.74, 6) is -0.798. The van der Waals surface area contributed by atoms with Crippen LogP contribution in [0.5, 0.6) is 0 Å². The van der Waals surface area contributed by atoms with Crippen LogP contribution in [0.1, 0.15) is 41.3 Å². The Morgan fingerprint density at radius 1 is 1.20 bits per heavy atom. The van der Waals surface area contributed by atoms with Gasteiger partial charge in [0.1, 0.15) is 0 Å². The molecule has 20 heavy (non-hydrogen) atoms. The predicted octanol–water partition coefficient (Wildman–Crippen LogP) is 2.40. The van der Waals surface area contributed by atoms with Crippen LogP contribution in [0.2, 0.25) is 0 Å². The maximum absolute atomic E-state index is 12.3. The molecule has 3 rings (SSSR count). The number of nitrogens with zero attached hydrogens (tertiary/aromatic N) is 1. The number of Topliss-reactive ketones (excluding diaryl/α,β-unsaturated/α-hetero) is 1. The second-order valence-electron chi connectivity index (χ2n) is 5.81. The molecule has 1 aromatic rings. The van der Waals surface area contributed by atoms with Gasteiger partial charge in [-0.3, -0.25) is 9.59 Å². The van der Waals surface area contributed by atoms with E-state index in [0.717, 1.165) is 29.7 Å². The van der Waals surface area contributed by atoms with Crippen LogP contribution in [0, 0.1) is 13.8 Å². The first-order valence-corrected chi connectivity index (χ1v) is 7.11. The normalized spacial score (nSPS) is 25.4. The zero-order valence-corrected chi connectivity index (χ0v) is 12.1. The number of benzene rings is 1. The van der Waals surface area contributed by atoms with Gasteiger partial charge in [-0.05, 0) is 44.7 Å². The summed E-state index contributed by atoms with van der Waals surface area (Å²) in [5, 5.41) is 0. The maximum atomic E-state index is 12.3. The average Bonchev–Trinajstić information content (AvgIpc) is 2.92. The number of carbonyl (C=O) groups is 2. The zero-order valence-electron chi connectivity index (χ0n) is 12.1. The molecule has 1 amide bonds. The molecule has 2 atom stereocenters. The van der Waals surface area contributed by atoms with Crippen LogP contribution in [0.25, 0.3) is 0 Å². The van der Waals surface area contributed by atoms with Gasteiger partial charge >= 0.3 is 0 Å². The molecule has 0 bridgehead atoms. The van der Waals surface area contributed by atoms with Crippen molar-refractivity contribution in [2.45, 2.75) is 45.8 Å². The van der Waals surface area contributed by atoms with Crippen LogP contribution in [0.4, 0.5) is 5.69 Å². The fourth-order valence-electron chi connectivity index (χ4n) is 3.16. The summed E-state index contributed by atoms with van der Waals surface area (Å²) in [4.78, 5) is 26.1. The highest BCUT2D eigenvalue weighted by Crippen LogP contribution is 2.35. The smallest absolute Gasteiger partial charge is 0.299 e. The monoisotopic (exact) mass is 273 g/mol. The van der Waals surface area contributed by atoms with Crippen LogP contribution in [0.3, 0.4) is 0 Å². The summed E-state index contributed by atoms with van der Waals surface area (Å²) in [5.41, 5.74) is 3.19. The summed E-state index contributed by atoms with van der Waals surface area (Å²) < 4.78 is 5.79. The summed E-state index contributed by atoms with van der Waals surface area (Å²) in [6.07, 6.45) is 2.23. The van der Waals surface area contributed by atoms with Gasteiger partial charge in [-0.15, -0.1) is 0 Å². The van der Waals surface area contributed by atoms with Crippen LogP contribution in [0.15, 0.2) is 12.1 Å². The fraction of sp³-hybridized carbons (Fsp3) is 0.500. The van der Waals surface area contributed by atoms with E-state index in [1.807, 2.05) is 32.9 Å². The SMILES string of the molecule is Cc1ccc(C)c2c1C(=O)C(=O)N2CC1CCC(C)O1. The Hall–Kier alpha value is -1.68. The van der Waals surface area contributed by atoms with E-state index in [9.17, 15) is 9.59 Å². The molecular formula is C16H19NO3. The quantitative estimate of drug-likeness (QED) is 0.777. The second kappa shape index (κ2) is 4.70. The highest BCUT2D eigenvalue weighted by Gasteiger charge is 2.40. The lowest BCUT2D eigenvalue weighted by molar-refractivity contribution is -0.114. The zero-order chi connectivity index (χ0) is 14.4. The molecule has 0 radical (unpaired) electrons. The van der Waals surface area contributed by atoms with Gasteiger partial charge in [-0.1, -0.05) is 12.1 Å². The van der Waals surface area contributed by atoms with Gasteiger partial charge in [0.05, 0.1) is 30.0 Å². The van der Waals surface area contributed by atoms with Gasteiger partial charge in [-0.2, -0.15) is 0 Å². The van der Waals surface area contributed by atoms with Crippen molar-refractivity contribution >= 4 is 17.4 Å². The Balaban J connectivity index is 1.96. The number of hydrogen-bond donors (Lipinski definition) is 0. The minimum Gasteiger partial charge on any atom is -0.373 e. The van der Waals surface area contributed by atoms with Gasteiger partial charge in [0.2, 0.25) is 0 Å². The molecule has 1 saturated heterocycles. The van der Waals surface area contributed by atoms with E-state index in [1.165, 1.54) is 0 Å². The number of fused-ring (bicyclic) bond motifs is 1. The fourth-order valence-corrected chi connectivity index (χ4v) is 3.16. The summed E-state index contributed by atoms with van der Waals surface area (Å²) in [7, 11) is 0. The predicted molar refractivity (Wildman–Crippen MR) is 76.2 cm³/mol. The number of ketones is 1. The van der Waals surface area contributed by atoms with E-state index in [0.29, 0.717) is 12.1 Å². The molecule has 0 N–H and O–H groups in total.